The van der Waals surface area contributed by atoms with Gasteiger partial charge in [0, 0.05) is 88.5 Å². The molecule has 18 rings (SSSR count). The molecule has 0 unspecified atom stereocenters. The SMILES string of the molecule is Cc1ccc2c(c1-c1cccc[n+]1C)OC(C)(C)CC2(C)C.Cc1ccc2c(c1-c1cccc[n+]1C)OC1(CC1)CC2(C)C.Cc1ccc2c(c1-c1cccc[n+]1C)OC1(CCCC1)CC2(C)C.Cc1ccc2c(c1-c1cccc[n+]1C)OC1(CCCCC1)CC2(C)C.Cc1ccc2c(c1-c1cccc[n+]1C)OCCC2(C)C. The van der Waals surface area contributed by atoms with Crippen LogP contribution in [0.3, 0.4) is 0 Å². The van der Waals surface area contributed by atoms with Gasteiger partial charge in [0.2, 0.25) is 28.5 Å². The molecule has 10 heteroatoms. The van der Waals surface area contributed by atoms with Gasteiger partial charge >= 0.3 is 0 Å². The van der Waals surface area contributed by atoms with Crippen molar-refractivity contribution in [3.05, 3.63) is 238 Å². The summed E-state index contributed by atoms with van der Waals surface area (Å²) in [5.74, 6) is 5.52. The van der Waals surface area contributed by atoms with Gasteiger partial charge in [-0.05, 0) is 230 Å². The van der Waals surface area contributed by atoms with Crippen LogP contribution < -0.4 is 46.5 Å². The van der Waals surface area contributed by atoms with E-state index in [0.717, 1.165) is 67.5 Å². The van der Waals surface area contributed by atoms with Crippen LogP contribution in [0.1, 0.15) is 241 Å². The number of hydrogen-bond donors (Lipinski definition) is 0. The Balaban J connectivity index is 0.000000117. The lowest BCUT2D eigenvalue weighted by molar-refractivity contribution is -0.660. The lowest BCUT2D eigenvalue weighted by Gasteiger charge is -2.48. The van der Waals surface area contributed by atoms with E-state index in [-0.39, 0.29) is 49.5 Å². The molecule has 0 N–H and O–H groups in total. The quantitative estimate of drug-likeness (QED) is 0.161. The highest BCUT2D eigenvalue weighted by atomic mass is 16.5. The van der Waals surface area contributed by atoms with Crippen molar-refractivity contribution in [2.75, 3.05) is 6.61 Å². The Hall–Kier alpha value is -9.15. The molecule has 3 spiro atoms. The molecule has 5 aromatic carbocycles. The molecule has 0 saturated heterocycles. The number of aromatic nitrogens is 5. The average Bonchev–Trinajstić information content (AvgIpc) is 1.24. The van der Waals surface area contributed by atoms with E-state index in [1.165, 1.54) is 183 Å². The number of benzene rings is 5. The van der Waals surface area contributed by atoms with E-state index in [1.807, 2.05) is 0 Å². The Morgan fingerprint density at radius 1 is 0.248 bits per heavy atom. The van der Waals surface area contributed by atoms with Crippen LogP contribution in [0.25, 0.3) is 56.3 Å². The zero-order chi connectivity index (χ0) is 80.6. The Bertz CT molecular complexity index is 5110. The van der Waals surface area contributed by atoms with E-state index in [0.29, 0.717) is 0 Å². The molecular formula is C103H130N5O5+5. The van der Waals surface area contributed by atoms with Crippen molar-refractivity contribution in [2.45, 2.75) is 270 Å². The minimum absolute atomic E-state index is 0.0324. The van der Waals surface area contributed by atoms with Gasteiger partial charge in [0.1, 0.15) is 86.4 Å². The van der Waals surface area contributed by atoms with Gasteiger partial charge in [-0.25, -0.2) is 22.8 Å². The molecule has 10 heterocycles. The number of nitrogens with zero attached hydrogens (tertiary/aromatic N) is 5. The van der Waals surface area contributed by atoms with E-state index in [1.54, 1.807) is 0 Å². The Kier molecular flexibility index (Phi) is 21.8. The molecule has 3 aliphatic carbocycles. The molecular weight excluding hydrogens is 1390 g/mol. The molecule has 8 aliphatic rings. The van der Waals surface area contributed by atoms with E-state index in [4.69, 9.17) is 23.7 Å². The van der Waals surface area contributed by atoms with Gasteiger partial charge in [-0.2, -0.15) is 0 Å². The van der Waals surface area contributed by atoms with Gasteiger partial charge < -0.3 is 23.7 Å². The summed E-state index contributed by atoms with van der Waals surface area (Å²) < 4.78 is 43.8. The summed E-state index contributed by atoms with van der Waals surface area (Å²) in [5, 5.41) is 0. The van der Waals surface area contributed by atoms with Gasteiger partial charge in [0.15, 0.2) is 31.0 Å². The predicted octanol–water partition coefficient (Wildman–Crippen LogP) is 22.1. The maximum atomic E-state index is 6.90. The summed E-state index contributed by atoms with van der Waals surface area (Å²) >= 11 is 0. The van der Waals surface area contributed by atoms with Crippen molar-refractivity contribution in [3.8, 4) is 85.0 Å². The molecule has 0 amide bonds. The third kappa shape index (κ3) is 16.0. The summed E-state index contributed by atoms with van der Waals surface area (Å²) in [6.07, 6.45) is 29.8. The lowest BCUT2D eigenvalue weighted by atomic mass is 9.67. The van der Waals surface area contributed by atoms with Gasteiger partial charge in [-0.3, -0.25) is 0 Å². The van der Waals surface area contributed by atoms with Crippen molar-refractivity contribution in [2.24, 2.45) is 35.2 Å². The fourth-order valence-corrected chi connectivity index (χ4v) is 20.8. The van der Waals surface area contributed by atoms with Crippen molar-refractivity contribution in [3.63, 3.8) is 0 Å². The molecule has 10 nitrogen and oxygen atoms in total. The number of hydrogen-bond acceptors (Lipinski definition) is 5. The smallest absolute Gasteiger partial charge is 0.216 e. The van der Waals surface area contributed by atoms with Crippen molar-refractivity contribution in [1.82, 2.24) is 0 Å². The van der Waals surface area contributed by atoms with E-state index >= 15 is 0 Å². The number of pyridine rings is 5. The molecule has 0 bridgehead atoms. The second-order valence-corrected chi connectivity index (χ2v) is 38.9. The fourth-order valence-electron chi connectivity index (χ4n) is 20.8. The maximum absolute atomic E-state index is 6.90. The van der Waals surface area contributed by atoms with Gasteiger partial charge in [0.05, 0.1) is 34.4 Å². The molecule has 113 heavy (non-hydrogen) atoms. The molecule has 3 saturated carbocycles. The average molecular weight is 1520 g/mol. The third-order valence-corrected chi connectivity index (χ3v) is 26.6. The van der Waals surface area contributed by atoms with Crippen LogP contribution in [-0.2, 0) is 62.3 Å². The molecule has 3 fully saturated rings. The normalized spacial score (nSPS) is 19.5. The first-order valence-electron chi connectivity index (χ1n) is 42.3. The second kappa shape index (κ2) is 30.6. The maximum Gasteiger partial charge on any atom is 0.216 e. The first kappa shape index (κ1) is 80.5. The largest absolute Gasteiger partial charge is 0.492 e. The fraction of sp³-hybridized carbons (Fsp3) is 0.466. The van der Waals surface area contributed by atoms with Gasteiger partial charge in [-0.1, -0.05) is 136 Å². The van der Waals surface area contributed by atoms with Crippen LogP contribution in [0.15, 0.2) is 183 Å². The zero-order valence-electron chi connectivity index (χ0n) is 72.6. The molecule has 592 valence electrons. The zero-order valence-corrected chi connectivity index (χ0v) is 72.6. The van der Waals surface area contributed by atoms with E-state index < -0.39 is 0 Å². The van der Waals surface area contributed by atoms with Crippen LogP contribution in [0, 0.1) is 34.6 Å². The van der Waals surface area contributed by atoms with E-state index in [9.17, 15) is 0 Å². The van der Waals surface area contributed by atoms with Gasteiger partial charge in [-0.15, -0.1) is 0 Å². The number of ether oxygens (including phenoxy) is 5. The summed E-state index contributed by atoms with van der Waals surface area (Å²) in [5.41, 5.74) is 26.3. The van der Waals surface area contributed by atoms with Crippen LogP contribution in [0.5, 0.6) is 28.7 Å². The number of rotatable bonds is 5. The summed E-state index contributed by atoms with van der Waals surface area (Å²) in [4.78, 5) is 0. The lowest BCUT2D eigenvalue weighted by Crippen LogP contribution is -2.47. The van der Waals surface area contributed by atoms with Crippen molar-refractivity contribution in [1.29, 1.82) is 0 Å². The Labute approximate surface area is 677 Å². The monoisotopic (exact) mass is 1520 g/mol. The Morgan fingerprint density at radius 3 is 0.779 bits per heavy atom. The standard InChI is InChI=1S/C23H30NO.C22H28NO.C20H24NO.C20H26NO.C18H22NO/c1-17-11-12-18-21(20(17)19-10-6-9-15-24(19)4)25-23(16-22(18,2)3)13-7-5-8-14-23;1-16-10-11-17-20(19(16)18-9-5-8-14-23(18)4)24-22(12-6-7-13-22)15-21(17,2)3;1-14-8-9-15-18(17(14)16-7-5-6-12-21(16)4)22-20(10-11-20)13-19(15,2)3;1-14-10-11-15-18(22-20(4,5)13-19(15,2)3)17(14)16-9-7-8-12-21(16)6;1-13-8-9-14-17(20-12-10-18(14,2)3)16(13)15-7-5-6-11-19(15)4/h6,9-12,15H,5,7-8,13-14,16H2,1-4H3;5,8-11,14H,6-7,12-13,15H2,1-4H3;5-9,12H,10-11,13H2,1-4H3;7-12H,13H2,1-6H3;5-9,11H,10,12H2,1-4H3/q5*+1. The highest BCUT2D eigenvalue weighted by Gasteiger charge is 2.55. The highest BCUT2D eigenvalue weighted by Crippen LogP contribution is 2.59. The van der Waals surface area contributed by atoms with Crippen LogP contribution in [-0.4, -0.2) is 29.0 Å². The summed E-state index contributed by atoms with van der Waals surface area (Å²) in [6, 6.07) is 54.4. The van der Waals surface area contributed by atoms with Crippen LogP contribution >= 0.6 is 0 Å². The summed E-state index contributed by atoms with van der Waals surface area (Å²) in [6.45, 7) is 39.6. The minimum atomic E-state index is -0.146. The molecule has 10 aromatic rings. The molecule has 5 aliphatic heterocycles. The Morgan fingerprint density at radius 2 is 0.496 bits per heavy atom. The highest BCUT2D eigenvalue weighted by molar-refractivity contribution is 5.77. The topological polar surface area (TPSA) is 65.5 Å². The molecule has 0 atom stereocenters. The molecule has 5 aromatic heterocycles. The van der Waals surface area contributed by atoms with Crippen LogP contribution in [0.2, 0.25) is 0 Å². The predicted molar refractivity (Wildman–Crippen MR) is 458 cm³/mol. The van der Waals surface area contributed by atoms with Crippen molar-refractivity contribution >= 4 is 0 Å². The first-order chi connectivity index (χ1) is 53.5. The summed E-state index contributed by atoms with van der Waals surface area (Å²) in [7, 11) is 10.5. The number of fused-ring (bicyclic) bond motifs is 5. The molecule has 0 radical (unpaired) electrons. The van der Waals surface area contributed by atoms with Gasteiger partial charge in [0.25, 0.3) is 0 Å². The minimum Gasteiger partial charge on any atom is -0.492 e. The number of aryl methyl sites for hydroxylation is 10. The second-order valence-electron chi connectivity index (χ2n) is 38.9. The van der Waals surface area contributed by atoms with E-state index in [2.05, 4.69) is 358 Å². The van der Waals surface area contributed by atoms with Crippen molar-refractivity contribution < 1.29 is 46.5 Å². The van der Waals surface area contributed by atoms with Crippen LogP contribution in [0.4, 0.5) is 0 Å². The first-order valence-corrected chi connectivity index (χ1v) is 42.3. The third-order valence-electron chi connectivity index (χ3n) is 26.6.